The van der Waals surface area contributed by atoms with Crippen molar-refractivity contribution in [3.05, 3.63) is 29.3 Å². The molecule has 2 aromatic rings. The van der Waals surface area contributed by atoms with Crippen LogP contribution in [0.15, 0.2) is 24.1 Å². The fourth-order valence-corrected chi connectivity index (χ4v) is 3.86. The van der Waals surface area contributed by atoms with Gasteiger partial charge in [0.1, 0.15) is 30.2 Å². The van der Waals surface area contributed by atoms with Crippen molar-refractivity contribution in [2.24, 2.45) is 0 Å². The van der Waals surface area contributed by atoms with Gasteiger partial charge in [-0.1, -0.05) is 11.6 Å². The molecule has 4 rings (SSSR count). The molecule has 2 fully saturated rings. The molecule has 0 bridgehead atoms. The van der Waals surface area contributed by atoms with Gasteiger partial charge in [0.25, 0.3) is 9.05 Å². The van der Waals surface area contributed by atoms with E-state index in [0.717, 1.165) is 5.41 Å². The van der Waals surface area contributed by atoms with Crippen LogP contribution in [-0.2, 0) is 23.3 Å². The number of nitrogens with zero attached hydrogens (tertiary/aromatic N) is 4. The van der Waals surface area contributed by atoms with E-state index in [0.29, 0.717) is 11.2 Å². The Morgan fingerprint density at radius 2 is 1.96 bits per heavy atom. The molecule has 0 aromatic carbocycles. The fourth-order valence-electron chi connectivity index (χ4n) is 3.17. The van der Waals surface area contributed by atoms with Gasteiger partial charge in [-0.3, -0.25) is 4.57 Å². The van der Waals surface area contributed by atoms with Gasteiger partial charge in [-0.15, -0.1) is 0 Å². The van der Waals surface area contributed by atoms with Crippen molar-refractivity contribution in [2.45, 2.75) is 44.2 Å². The van der Waals surface area contributed by atoms with Gasteiger partial charge in [0.15, 0.2) is 22.8 Å². The quantitative estimate of drug-likeness (QED) is 0.547. The Morgan fingerprint density at radius 1 is 1.23 bits per heavy atom. The topological polar surface area (TPSA) is 105 Å². The summed E-state index contributed by atoms with van der Waals surface area (Å²) < 4.78 is 41.9. The number of fused-ring (bicyclic) bond motifs is 2. The summed E-state index contributed by atoms with van der Waals surface area (Å²) >= 11 is 6.05. The monoisotopic (exact) mass is 420 g/mol. The second-order valence-electron chi connectivity index (χ2n) is 6.35. The van der Waals surface area contributed by atoms with Crippen LogP contribution < -0.4 is 0 Å². The number of halogens is 2. The van der Waals surface area contributed by atoms with Crippen LogP contribution in [0, 0.1) is 0 Å². The third kappa shape index (κ3) is 3.21. The number of ether oxygens (including phenoxy) is 3. The average molecular weight is 421 g/mol. The standard InChI is InChI=1S/C14H14Cl2N4O5S/c1-14(2)24-9-7(3-4-26(16,21)22)23-13(10(9)25-14)20-6-19-8-11(15)17-5-18-12(8)20/h3-7,9-10,13H,1-2H3/t7-,9-,10-,13-/m1/s1. The maximum Gasteiger partial charge on any atom is 0.254 e. The molecule has 0 saturated carbocycles. The van der Waals surface area contributed by atoms with Crippen molar-refractivity contribution < 1.29 is 22.6 Å². The summed E-state index contributed by atoms with van der Waals surface area (Å²) in [7, 11) is 1.43. The Kier molecular flexibility index (Phi) is 4.25. The van der Waals surface area contributed by atoms with Crippen molar-refractivity contribution in [2.75, 3.05) is 0 Å². The molecule has 0 N–H and O–H groups in total. The molecule has 26 heavy (non-hydrogen) atoms. The number of aromatic nitrogens is 4. The molecule has 2 aliphatic heterocycles. The highest BCUT2D eigenvalue weighted by molar-refractivity contribution is 8.16. The van der Waals surface area contributed by atoms with E-state index >= 15 is 0 Å². The zero-order valence-corrected chi connectivity index (χ0v) is 15.9. The zero-order chi connectivity index (χ0) is 18.7. The van der Waals surface area contributed by atoms with Crippen LogP contribution in [-0.4, -0.2) is 52.0 Å². The molecule has 9 nitrogen and oxygen atoms in total. The van der Waals surface area contributed by atoms with E-state index < -0.39 is 39.4 Å². The molecular formula is C14H14Cl2N4O5S. The average Bonchev–Trinajstić information content (AvgIpc) is 3.16. The molecule has 4 atom stereocenters. The minimum Gasteiger partial charge on any atom is -0.345 e. The third-order valence-electron chi connectivity index (χ3n) is 4.08. The second-order valence-corrected chi connectivity index (χ2v) is 9.22. The summed E-state index contributed by atoms with van der Waals surface area (Å²) in [5.41, 5.74) is 0.895. The van der Waals surface area contributed by atoms with E-state index in [1.165, 1.54) is 18.7 Å². The summed E-state index contributed by atoms with van der Waals surface area (Å²) in [5, 5.41) is 1.09. The number of hydrogen-bond donors (Lipinski definition) is 0. The van der Waals surface area contributed by atoms with Gasteiger partial charge >= 0.3 is 0 Å². The van der Waals surface area contributed by atoms with Gasteiger partial charge in [-0.2, -0.15) is 0 Å². The van der Waals surface area contributed by atoms with Crippen LogP contribution in [0.25, 0.3) is 11.2 Å². The molecule has 0 amide bonds. The molecule has 140 valence electrons. The minimum atomic E-state index is -3.82. The van der Waals surface area contributed by atoms with E-state index in [-0.39, 0.29) is 5.15 Å². The molecule has 0 spiro atoms. The van der Waals surface area contributed by atoms with Gasteiger partial charge < -0.3 is 14.2 Å². The van der Waals surface area contributed by atoms with Gasteiger partial charge in [-0.25, -0.2) is 23.4 Å². The molecule has 4 heterocycles. The van der Waals surface area contributed by atoms with E-state index in [1.54, 1.807) is 18.4 Å². The first-order valence-electron chi connectivity index (χ1n) is 7.62. The molecule has 12 heteroatoms. The van der Waals surface area contributed by atoms with Gasteiger partial charge in [0.05, 0.1) is 6.33 Å². The van der Waals surface area contributed by atoms with Crippen molar-refractivity contribution >= 4 is 42.5 Å². The second kappa shape index (κ2) is 6.11. The van der Waals surface area contributed by atoms with Crippen LogP contribution in [0.3, 0.4) is 0 Å². The predicted molar refractivity (Wildman–Crippen MR) is 92.0 cm³/mol. The lowest BCUT2D eigenvalue weighted by molar-refractivity contribution is -0.191. The predicted octanol–water partition coefficient (Wildman–Crippen LogP) is 1.98. The van der Waals surface area contributed by atoms with Gasteiger partial charge in [0.2, 0.25) is 0 Å². The highest BCUT2D eigenvalue weighted by atomic mass is 35.7. The molecule has 2 aromatic heterocycles. The largest absolute Gasteiger partial charge is 0.345 e. The first-order chi connectivity index (χ1) is 12.1. The SMILES string of the molecule is CC1(C)O[C@@H]2[C@H](O1)[C@@H](C=CS(=O)(=O)Cl)O[C@H]2n1cnc2c(Cl)ncnc21. The van der Waals surface area contributed by atoms with Crippen LogP contribution in [0.1, 0.15) is 20.1 Å². The van der Waals surface area contributed by atoms with Crippen molar-refractivity contribution in [1.29, 1.82) is 0 Å². The molecule has 2 saturated heterocycles. The van der Waals surface area contributed by atoms with E-state index in [1.807, 2.05) is 0 Å². The molecular weight excluding hydrogens is 407 g/mol. The Morgan fingerprint density at radius 3 is 2.69 bits per heavy atom. The third-order valence-corrected chi connectivity index (χ3v) is 5.15. The Bertz CT molecular complexity index is 992. The van der Waals surface area contributed by atoms with Crippen LogP contribution in [0.5, 0.6) is 0 Å². The minimum absolute atomic E-state index is 0.219. The smallest absolute Gasteiger partial charge is 0.254 e. The summed E-state index contributed by atoms with van der Waals surface area (Å²) in [6.45, 7) is 3.54. The summed E-state index contributed by atoms with van der Waals surface area (Å²) in [5.74, 6) is -0.855. The van der Waals surface area contributed by atoms with Crippen LogP contribution in [0.2, 0.25) is 5.15 Å². The molecule has 0 unspecified atom stereocenters. The number of rotatable bonds is 3. The Balaban J connectivity index is 1.74. The Labute approximate surface area is 158 Å². The van der Waals surface area contributed by atoms with Gasteiger partial charge in [-0.05, 0) is 19.9 Å². The van der Waals surface area contributed by atoms with Crippen molar-refractivity contribution in [3.8, 4) is 0 Å². The summed E-state index contributed by atoms with van der Waals surface area (Å²) in [6.07, 6.45) is 1.81. The maximum absolute atomic E-state index is 11.2. The molecule has 2 aliphatic rings. The van der Waals surface area contributed by atoms with Crippen LogP contribution in [0.4, 0.5) is 0 Å². The van der Waals surface area contributed by atoms with Gasteiger partial charge in [0, 0.05) is 16.1 Å². The normalized spacial score (nSPS) is 31.1. The number of imidazole rings is 1. The zero-order valence-electron chi connectivity index (χ0n) is 13.6. The lowest BCUT2D eigenvalue weighted by Gasteiger charge is -2.23. The highest BCUT2D eigenvalue weighted by Crippen LogP contribution is 2.44. The fraction of sp³-hybridized carbons (Fsp3) is 0.500. The van der Waals surface area contributed by atoms with E-state index in [4.69, 9.17) is 36.5 Å². The number of hydrogen-bond acceptors (Lipinski definition) is 8. The molecule has 0 aliphatic carbocycles. The van der Waals surface area contributed by atoms with Crippen LogP contribution >= 0.6 is 22.3 Å². The maximum atomic E-state index is 11.2. The summed E-state index contributed by atoms with van der Waals surface area (Å²) in [6, 6.07) is 0. The first kappa shape index (κ1) is 18.1. The van der Waals surface area contributed by atoms with E-state index in [9.17, 15) is 8.42 Å². The Hall–Kier alpha value is -1.30. The van der Waals surface area contributed by atoms with Crippen molar-refractivity contribution in [1.82, 2.24) is 19.5 Å². The lowest BCUT2D eigenvalue weighted by atomic mass is 10.1. The highest BCUT2D eigenvalue weighted by Gasteiger charge is 2.55. The van der Waals surface area contributed by atoms with E-state index in [2.05, 4.69) is 15.0 Å². The first-order valence-corrected chi connectivity index (χ1v) is 10.4. The lowest BCUT2D eigenvalue weighted by Crippen LogP contribution is -2.28. The molecule has 0 radical (unpaired) electrons. The van der Waals surface area contributed by atoms with Crippen molar-refractivity contribution in [3.63, 3.8) is 0 Å². The summed E-state index contributed by atoms with van der Waals surface area (Å²) in [4.78, 5) is 12.3.